The van der Waals surface area contributed by atoms with Crippen LogP contribution in [0.4, 0.5) is 0 Å². The molecule has 0 radical (unpaired) electrons. The molecule has 0 aromatic heterocycles. The van der Waals surface area contributed by atoms with Gasteiger partial charge in [-0.1, -0.05) is 0 Å². The van der Waals surface area contributed by atoms with E-state index in [1.54, 1.807) is 0 Å². The van der Waals surface area contributed by atoms with Gasteiger partial charge in [-0.15, -0.1) is 0 Å². The lowest BCUT2D eigenvalue weighted by molar-refractivity contribution is -0.140. The lowest BCUT2D eigenvalue weighted by Gasteiger charge is -2.08. The van der Waals surface area contributed by atoms with E-state index in [4.69, 9.17) is 15.3 Å². The van der Waals surface area contributed by atoms with Gasteiger partial charge >= 0.3 is 17.9 Å². The van der Waals surface area contributed by atoms with E-state index in [9.17, 15) is 19.2 Å². The fourth-order valence-electron chi connectivity index (χ4n) is 0.573. The SMILES string of the molecule is CC(=O)N[C@@H](CS)C(=O)O.O=C(O)/C=C/C(=O)O. The number of nitrogens with one attached hydrogen (secondary N) is 1. The molecule has 0 aliphatic heterocycles. The summed E-state index contributed by atoms with van der Waals surface area (Å²) in [6, 6.07) is -0.874. The van der Waals surface area contributed by atoms with Crippen molar-refractivity contribution in [3.05, 3.63) is 12.2 Å². The Morgan fingerprint density at radius 2 is 1.50 bits per heavy atom. The van der Waals surface area contributed by atoms with Crippen LogP contribution in [0.15, 0.2) is 12.2 Å². The molecule has 0 saturated carbocycles. The predicted octanol–water partition coefficient (Wildman–Crippen LogP) is -0.783. The molecule has 8 nitrogen and oxygen atoms in total. The Morgan fingerprint density at radius 3 is 1.61 bits per heavy atom. The first-order valence-electron chi connectivity index (χ1n) is 4.45. The maximum atomic E-state index is 10.3. The van der Waals surface area contributed by atoms with Crippen molar-refractivity contribution in [3.8, 4) is 0 Å². The zero-order valence-electron chi connectivity index (χ0n) is 9.36. The summed E-state index contributed by atoms with van der Waals surface area (Å²) in [7, 11) is 0. The normalized spacial score (nSPS) is 11.0. The topological polar surface area (TPSA) is 141 Å². The number of hydrogen-bond donors (Lipinski definition) is 5. The van der Waals surface area contributed by atoms with Crippen LogP contribution in [0.1, 0.15) is 6.92 Å². The molecule has 9 heteroatoms. The lowest BCUT2D eigenvalue weighted by Crippen LogP contribution is -2.40. The number of carboxylic acid groups (broad SMARTS) is 3. The summed E-state index contributed by atoms with van der Waals surface area (Å²) in [6.45, 7) is 1.26. The number of carboxylic acids is 3. The van der Waals surface area contributed by atoms with E-state index >= 15 is 0 Å². The molecule has 4 N–H and O–H groups in total. The van der Waals surface area contributed by atoms with Gasteiger partial charge in [-0.25, -0.2) is 14.4 Å². The van der Waals surface area contributed by atoms with Crippen molar-refractivity contribution in [1.29, 1.82) is 0 Å². The van der Waals surface area contributed by atoms with Gasteiger partial charge in [-0.3, -0.25) is 4.79 Å². The predicted molar refractivity (Wildman–Crippen MR) is 63.5 cm³/mol. The number of carbonyl (C=O) groups excluding carboxylic acids is 1. The summed E-state index contributed by atoms with van der Waals surface area (Å²) in [5, 5.41) is 26.2. The summed E-state index contributed by atoms with van der Waals surface area (Å²) in [5.74, 6) is -3.83. The Morgan fingerprint density at radius 1 is 1.11 bits per heavy atom. The van der Waals surface area contributed by atoms with Crippen molar-refractivity contribution in [2.45, 2.75) is 13.0 Å². The van der Waals surface area contributed by atoms with Crippen LogP contribution in [-0.4, -0.2) is 50.9 Å². The van der Waals surface area contributed by atoms with Crippen molar-refractivity contribution in [2.24, 2.45) is 0 Å². The smallest absolute Gasteiger partial charge is 0.328 e. The van der Waals surface area contributed by atoms with Gasteiger partial charge in [0.2, 0.25) is 5.91 Å². The number of carbonyl (C=O) groups is 4. The molecule has 0 saturated heterocycles. The van der Waals surface area contributed by atoms with Crippen molar-refractivity contribution in [3.63, 3.8) is 0 Å². The summed E-state index contributed by atoms with van der Waals surface area (Å²) < 4.78 is 0. The largest absolute Gasteiger partial charge is 0.480 e. The molecule has 0 fully saturated rings. The third-order valence-corrected chi connectivity index (χ3v) is 1.59. The zero-order chi connectivity index (χ0) is 14.7. The quantitative estimate of drug-likeness (QED) is 0.328. The summed E-state index contributed by atoms with van der Waals surface area (Å²) in [6.07, 6.45) is 1.12. The molecule has 0 heterocycles. The van der Waals surface area contributed by atoms with Gasteiger partial charge in [0.15, 0.2) is 0 Å². The highest BCUT2D eigenvalue weighted by Crippen LogP contribution is 1.86. The van der Waals surface area contributed by atoms with Crippen LogP contribution in [0.3, 0.4) is 0 Å². The number of hydrogen-bond acceptors (Lipinski definition) is 5. The molecule has 0 aliphatic rings. The molecule has 0 rings (SSSR count). The van der Waals surface area contributed by atoms with E-state index < -0.39 is 23.9 Å². The standard InChI is InChI=1S/C5H9NO3S.C4H4O4/c1-3(7)6-4(2-10)5(8)9;5-3(6)1-2-4(7)8/h4,10H,2H2,1H3,(H,6,7)(H,8,9);1-2H,(H,5,6)(H,7,8)/b;2-1+/t4-;/m0./s1. The average molecular weight is 279 g/mol. The van der Waals surface area contributed by atoms with E-state index in [0.717, 1.165) is 0 Å². The second-order valence-electron chi connectivity index (χ2n) is 2.78. The summed E-state index contributed by atoms with van der Waals surface area (Å²) in [5.41, 5.74) is 0. The van der Waals surface area contributed by atoms with E-state index in [1.807, 2.05) is 0 Å². The molecule has 0 spiro atoms. The first-order chi connectivity index (χ1) is 8.20. The third kappa shape index (κ3) is 14.0. The first-order valence-corrected chi connectivity index (χ1v) is 5.08. The minimum Gasteiger partial charge on any atom is -0.480 e. The summed E-state index contributed by atoms with van der Waals surface area (Å²) >= 11 is 3.73. The highest BCUT2D eigenvalue weighted by atomic mass is 32.1. The Labute approximate surface area is 108 Å². The lowest BCUT2D eigenvalue weighted by atomic mass is 10.3. The van der Waals surface area contributed by atoms with Gasteiger partial charge in [0.05, 0.1) is 0 Å². The van der Waals surface area contributed by atoms with Gasteiger partial charge < -0.3 is 20.6 Å². The Hall–Kier alpha value is -2.03. The summed E-state index contributed by atoms with van der Waals surface area (Å²) in [4.78, 5) is 39.6. The van der Waals surface area contributed by atoms with Crippen LogP contribution in [0, 0.1) is 0 Å². The van der Waals surface area contributed by atoms with Gasteiger partial charge in [0.1, 0.15) is 6.04 Å². The van der Waals surface area contributed by atoms with Crippen LogP contribution in [0.2, 0.25) is 0 Å². The van der Waals surface area contributed by atoms with Crippen molar-refractivity contribution in [2.75, 3.05) is 5.75 Å². The van der Waals surface area contributed by atoms with Gasteiger partial charge in [-0.2, -0.15) is 12.6 Å². The molecular weight excluding hydrogens is 266 g/mol. The number of amides is 1. The van der Waals surface area contributed by atoms with Crippen LogP contribution < -0.4 is 5.32 Å². The van der Waals surface area contributed by atoms with E-state index in [0.29, 0.717) is 12.2 Å². The van der Waals surface area contributed by atoms with Crippen molar-refractivity contribution in [1.82, 2.24) is 5.32 Å². The molecule has 0 unspecified atom stereocenters. The van der Waals surface area contributed by atoms with Gasteiger partial charge in [0, 0.05) is 24.8 Å². The maximum Gasteiger partial charge on any atom is 0.328 e. The molecule has 1 amide bonds. The van der Waals surface area contributed by atoms with Gasteiger partial charge in [-0.05, 0) is 0 Å². The van der Waals surface area contributed by atoms with E-state index in [2.05, 4.69) is 17.9 Å². The third-order valence-electron chi connectivity index (χ3n) is 1.23. The van der Waals surface area contributed by atoms with Crippen LogP contribution >= 0.6 is 12.6 Å². The molecule has 0 aromatic rings. The molecule has 0 aromatic carbocycles. The molecule has 0 bridgehead atoms. The second kappa shape index (κ2) is 10.1. The Balaban J connectivity index is 0. The number of rotatable bonds is 5. The minimum atomic E-state index is -1.26. The van der Waals surface area contributed by atoms with Crippen LogP contribution in [-0.2, 0) is 19.2 Å². The van der Waals surface area contributed by atoms with Crippen molar-refractivity contribution >= 4 is 36.4 Å². The highest BCUT2D eigenvalue weighted by Gasteiger charge is 2.15. The van der Waals surface area contributed by atoms with Gasteiger partial charge in [0.25, 0.3) is 0 Å². The van der Waals surface area contributed by atoms with Crippen molar-refractivity contribution < 1.29 is 34.5 Å². The average Bonchev–Trinajstić information content (AvgIpc) is 2.23. The number of aliphatic carboxylic acids is 3. The Bertz CT molecular complexity index is 337. The molecular formula is C9H13NO7S. The molecule has 18 heavy (non-hydrogen) atoms. The fourth-order valence-corrected chi connectivity index (χ4v) is 0.821. The van der Waals surface area contributed by atoms with E-state index in [1.165, 1.54) is 6.92 Å². The molecule has 102 valence electrons. The minimum absolute atomic E-state index is 0.106. The number of thiol groups is 1. The maximum absolute atomic E-state index is 10.3. The Kier molecular flexibility index (Phi) is 10.3. The molecule has 1 atom stereocenters. The second-order valence-corrected chi connectivity index (χ2v) is 3.15. The van der Waals surface area contributed by atoms with E-state index in [-0.39, 0.29) is 11.7 Å². The molecule has 0 aliphatic carbocycles. The van der Waals surface area contributed by atoms with Crippen LogP contribution in [0.5, 0.6) is 0 Å². The highest BCUT2D eigenvalue weighted by molar-refractivity contribution is 7.80. The fraction of sp³-hybridized carbons (Fsp3) is 0.333. The monoisotopic (exact) mass is 279 g/mol. The first kappa shape index (κ1) is 18.3. The van der Waals surface area contributed by atoms with Crippen LogP contribution in [0.25, 0.3) is 0 Å². The zero-order valence-corrected chi connectivity index (χ0v) is 10.3.